The lowest BCUT2D eigenvalue weighted by Gasteiger charge is -2.24. The van der Waals surface area contributed by atoms with Crippen molar-refractivity contribution in [2.75, 3.05) is 20.9 Å². The molecule has 0 radical (unpaired) electrons. The summed E-state index contributed by atoms with van der Waals surface area (Å²) < 4.78 is 56.4. The molecule has 4 rings (SSSR count). The first-order chi connectivity index (χ1) is 18.0. The molecule has 9 nitrogen and oxygen atoms in total. The van der Waals surface area contributed by atoms with Crippen molar-refractivity contribution in [2.24, 2.45) is 0 Å². The van der Waals surface area contributed by atoms with Gasteiger partial charge in [0.2, 0.25) is 5.91 Å². The zero-order valence-electron chi connectivity index (χ0n) is 20.1. The lowest BCUT2D eigenvalue weighted by molar-refractivity contribution is -0.114. The molecule has 38 heavy (non-hydrogen) atoms. The monoisotopic (exact) mass is 614 g/mol. The first-order valence-corrected chi connectivity index (χ1v) is 14.9. The van der Waals surface area contributed by atoms with Crippen LogP contribution in [0.2, 0.25) is 0 Å². The molecular formula is C26H23BrN4O5S2. The molecule has 3 aromatic carbocycles. The Kier molecular flexibility index (Phi) is 8.14. The Morgan fingerprint density at radius 3 is 2.08 bits per heavy atom. The van der Waals surface area contributed by atoms with Crippen molar-refractivity contribution in [1.82, 2.24) is 4.98 Å². The van der Waals surface area contributed by atoms with Crippen molar-refractivity contribution in [2.45, 2.75) is 16.7 Å². The largest absolute Gasteiger partial charge is 0.325 e. The van der Waals surface area contributed by atoms with Gasteiger partial charge in [-0.2, -0.15) is 0 Å². The fourth-order valence-corrected chi connectivity index (χ4v) is 6.17. The number of rotatable bonds is 9. The number of benzene rings is 3. The summed E-state index contributed by atoms with van der Waals surface area (Å²) in [5, 5.41) is 2.64. The molecule has 0 aliphatic carbocycles. The van der Waals surface area contributed by atoms with Gasteiger partial charge in [-0.15, -0.1) is 0 Å². The number of amides is 1. The van der Waals surface area contributed by atoms with Crippen LogP contribution in [0.15, 0.2) is 112 Å². The van der Waals surface area contributed by atoms with E-state index in [0.29, 0.717) is 17.1 Å². The summed E-state index contributed by atoms with van der Waals surface area (Å²) in [5.74, 6) is -0.604. The van der Waals surface area contributed by atoms with Crippen molar-refractivity contribution in [3.63, 3.8) is 0 Å². The van der Waals surface area contributed by atoms with Gasteiger partial charge in [0.15, 0.2) is 0 Å². The summed E-state index contributed by atoms with van der Waals surface area (Å²) in [7, 11) is -7.93. The lowest BCUT2D eigenvalue weighted by Crippen LogP contribution is -2.38. The third kappa shape index (κ3) is 6.57. The van der Waals surface area contributed by atoms with E-state index in [9.17, 15) is 21.6 Å². The number of aromatic nitrogens is 1. The standard InChI is InChI=1S/C26H23BrN4O5S2/c1-19-4-12-25(13-5-19)38(35,36)31(23-10-6-20(27)7-11-23)18-26(32)29-21-8-14-24(15-9-21)37(33,34)30-22-3-2-16-28-17-22/h2-17,30H,18H2,1H3,(H,29,32). The number of carbonyl (C=O) groups is 1. The topological polar surface area (TPSA) is 126 Å². The lowest BCUT2D eigenvalue weighted by atomic mass is 10.2. The van der Waals surface area contributed by atoms with E-state index < -0.39 is 32.5 Å². The predicted molar refractivity (Wildman–Crippen MR) is 150 cm³/mol. The van der Waals surface area contributed by atoms with Gasteiger partial charge in [0.1, 0.15) is 6.54 Å². The summed E-state index contributed by atoms with van der Waals surface area (Å²) in [6.45, 7) is 1.35. The van der Waals surface area contributed by atoms with E-state index >= 15 is 0 Å². The van der Waals surface area contributed by atoms with Crippen LogP contribution in [-0.2, 0) is 24.8 Å². The highest BCUT2D eigenvalue weighted by molar-refractivity contribution is 9.10. The van der Waals surface area contributed by atoms with Gasteiger partial charge < -0.3 is 5.32 Å². The Morgan fingerprint density at radius 2 is 1.47 bits per heavy atom. The van der Waals surface area contributed by atoms with Gasteiger partial charge in [-0.05, 0) is 79.7 Å². The molecule has 0 aliphatic heterocycles. The fourth-order valence-electron chi connectivity index (χ4n) is 3.45. The number of sulfonamides is 2. The summed E-state index contributed by atoms with van der Waals surface area (Å²) in [4.78, 5) is 16.9. The van der Waals surface area contributed by atoms with Crippen molar-refractivity contribution in [1.29, 1.82) is 0 Å². The van der Waals surface area contributed by atoms with Crippen molar-refractivity contribution in [3.05, 3.63) is 107 Å². The van der Waals surface area contributed by atoms with Gasteiger partial charge >= 0.3 is 0 Å². The smallest absolute Gasteiger partial charge is 0.264 e. The Morgan fingerprint density at radius 1 is 0.842 bits per heavy atom. The number of anilines is 3. The zero-order valence-corrected chi connectivity index (χ0v) is 23.3. The highest BCUT2D eigenvalue weighted by atomic mass is 79.9. The minimum Gasteiger partial charge on any atom is -0.325 e. The molecule has 2 N–H and O–H groups in total. The quantitative estimate of drug-likeness (QED) is 0.279. The molecule has 1 heterocycles. The SMILES string of the molecule is Cc1ccc(S(=O)(=O)N(CC(=O)Nc2ccc(S(=O)(=O)Nc3cccnc3)cc2)c2ccc(Br)cc2)cc1. The number of aryl methyl sites for hydroxylation is 1. The number of hydrogen-bond acceptors (Lipinski definition) is 6. The van der Waals surface area contributed by atoms with Crippen LogP contribution in [0.25, 0.3) is 0 Å². The molecule has 196 valence electrons. The molecular weight excluding hydrogens is 592 g/mol. The third-order valence-electron chi connectivity index (χ3n) is 5.37. The fraction of sp³-hybridized carbons (Fsp3) is 0.0769. The van der Waals surface area contributed by atoms with E-state index in [-0.39, 0.29) is 9.79 Å². The average Bonchev–Trinajstić information content (AvgIpc) is 2.89. The molecule has 0 unspecified atom stereocenters. The van der Waals surface area contributed by atoms with Gasteiger partial charge in [-0.1, -0.05) is 33.6 Å². The van der Waals surface area contributed by atoms with Crippen LogP contribution in [0.4, 0.5) is 17.1 Å². The van der Waals surface area contributed by atoms with Crippen LogP contribution in [-0.4, -0.2) is 34.3 Å². The predicted octanol–water partition coefficient (Wildman–Crippen LogP) is 4.79. The molecule has 4 aromatic rings. The van der Waals surface area contributed by atoms with E-state index in [1.165, 1.54) is 48.8 Å². The summed E-state index contributed by atoms with van der Waals surface area (Å²) in [5.41, 5.74) is 1.83. The minimum atomic E-state index is -4.06. The van der Waals surface area contributed by atoms with Crippen LogP contribution in [0.3, 0.4) is 0 Å². The van der Waals surface area contributed by atoms with Gasteiger partial charge in [0.25, 0.3) is 20.0 Å². The Balaban J connectivity index is 1.53. The van der Waals surface area contributed by atoms with Crippen LogP contribution in [0.5, 0.6) is 0 Å². The Labute approximate surface area is 229 Å². The number of pyridine rings is 1. The third-order valence-corrected chi connectivity index (χ3v) is 9.09. The molecule has 0 fully saturated rings. The average molecular weight is 616 g/mol. The summed E-state index contributed by atoms with van der Waals surface area (Å²) >= 11 is 3.33. The molecule has 12 heteroatoms. The molecule has 0 saturated carbocycles. The second-order valence-electron chi connectivity index (χ2n) is 8.22. The molecule has 1 aromatic heterocycles. The maximum atomic E-state index is 13.5. The molecule has 0 aliphatic rings. The number of nitrogens with zero attached hydrogens (tertiary/aromatic N) is 2. The van der Waals surface area contributed by atoms with Gasteiger partial charge in [0.05, 0.1) is 27.4 Å². The second-order valence-corrected chi connectivity index (χ2v) is 12.7. The van der Waals surface area contributed by atoms with Crippen LogP contribution >= 0.6 is 15.9 Å². The highest BCUT2D eigenvalue weighted by Gasteiger charge is 2.27. The first-order valence-electron chi connectivity index (χ1n) is 11.2. The molecule has 1 amide bonds. The maximum Gasteiger partial charge on any atom is 0.264 e. The van der Waals surface area contributed by atoms with Crippen LogP contribution in [0, 0.1) is 6.92 Å². The normalized spacial score (nSPS) is 11.5. The molecule has 0 bridgehead atoms. The Bertz CT molecular complexity index is 1630. The molecule has 0 spiro atoms. The number of hydrogen-bond donors (Lipinski definition) is 2. The second kappa shape index (κ2) is 11.3. The molecule has 0 atom stereocenters. The van der Waals surface area contributed by atoms with E-state index in [1.807, 2.05) is 6.92 Å². The Hall–Kier alpha value is -3.74. The summed E-state index contributed by atoms with van der Waals surface area (Å²) in [6, 6.07) is 21.6. The van der Waals surface area contributed by atoms with E-state index in [1.54, 1.807) is 48.5 Å². The van der Waals surface area contributed by atoms with E-state index in [2.05, 4.69) is 31.0 Å². The van der Waals surface area contributed by atoms with Crippen LogP contribution < -0.4 is 14.3 Å². The van der Waals surface area contributed by atoms with Crippen molar-refractivity contribution >= 4 is 58.9 Å². The number of halogens is 1. The molecule has 0 saturated heterocycles. The zero-order chi connectivity index (χ0) is 27.3. The van der Waals surface area contributed by atoms with Crippen molar-refractivity contribution < 1.29 is 21.6 Å². The van der Waals surface area contributed by atoms with Crippen molar-refractivity contribution in [3.8, 4) is 0 Å². The highest BCUT2D eigenvalue weighted by Crippen LogP contribution is 2.26. The van der Waals surface area contributed by atoms with E-state index in [4.69, 9.17) is 0 Å². The van der Waals surface area contributed by atoms with Gasteiger partial charge in [-0.25, -0.2) is 16.8 Å². The first kappa shape index (κ1) is 27.3. The van der Waals surface area contributed by atoms with E-state index in [0.717, 1.165) is 14.3 Å². The summed E-state index contributed by atoms with van der Waals surface area (Å²) in [6.07, 6.45) is 2.91. The number of nitrogens with one attached hydrogen (secondary N) is 2. The minimum absolute atomic E-state index is 0.0159. The maximum absolute atomic E-state index is 13.5. The van der Waals surface area contributed by atoms with Gasteiger partial charge in [0, 0.05) is 16.4 Å². The van der Waals surface area contributed by atoms with Gasteiger partial charge in [-0.3, -0.25) is 18.8 Å². The number of carbonyl (C=O) groups excluding carboxylic acids is 1. The van der Waals surface area contributed by atoms with Crippen LogP contribution in [0.1, 0.15) is 5.56 Å².